The van der Waals surface area contributed by atoms with Crippen LogP contribution in [0.15, 0.2) is 125 Å². The van der Waals surface area contributed by atoms with Crippen LogP contribution < -0.4 is 0 Å². The van der Waals surface area contributed by atoms with Crippen LogP contribution in [-0.4, -0.2) is 11.4 Å². The van der Waals surface area contributed by atoms with E-state index in [1.165, 1.54) is 11.1 Å². The molecule has 0 N–H and O–H groups in total. The molecule has 0 aliphatic rings. The number of hydrogen-bond acceptors (Lipinski definition) is 2. The van der Waals surface area contributed by atoms with Gasteiger partial charge in [0.25, 0.3) is 0 Å². The lowest BCUT2D eigenvalue weighted by Gasteiger charge is -2.06. The first-order valence-corrected chi connectivity index (χ1v) is 9.70. The lowest BCUT2D eigenvalue weighted by atomic mass is 10.0. The molecule has 0 aliphatic heterocycles. The fraction of sp³-hybridized carbons (Fsp3) is 0.0370. The summed E-state index contributed by atoms with van der Waals surface area (Å²) in [6.45, 7) is 1.99. The van der Waals surface area contributed by atoms with E-state index in [1.54, 1.807) is 0 Å². The zero-order chi connectivity index (χ0) is 19.9. The van der Waals surface area contributed by atoms with Gasteiger partial charge in [0.2, 0.25) is 0 Å². The Labute approximate surface area is 171 Å². The van der Waals surface area contributed by atoms with Crippen LogP contribution in [0.2, 0.25) is 0 Å². The molecule has 0 spiro atoms. The van der Waals surface area contributed by atoms with Gasteiger partial charge in [-0.1, -0.05) is 115 Å². The number of nitrogens with zero attached hydrogens (tertiary/aromatic N) is 2. The quantitative estimate of drug-likeness (QED) is 0.277. The third-order valence-electron chi connectivity index (χ3n) is 4.80. The molecule has 0 atom stereocenters. The minimum absolute atomic E-state index is 0.867. The van der Waals surface area contributed by atoms with Crippen LogP contribution in [0, 0.1) is 0 Å². The summed E-state index contributed by atoms with van der Waals surface area (Å²) in [5.74, 6) is 0. The Morgan fingerprint density at radius 1 is 0.448 bits per heavy atom. The van der Waals surface area contributed by atoms with E-state index in [0.29, 0.717) is 0 Å². The molecule has 0 radical (unpaired) electrons. The molecular formula is C27H22N2. The van der Waals surface area contributed by atoms with Gasteiger partial charge in [-0.15, -0.1) is 5.10 Å². The highest BCUT2D eigenvalue weighted by molar-refractivity contribution is 6.13. The summed E-state index contributed by atoms with van der Waals surface area (Å²) < 4.78 is 0. The minimum atomic E-state index is 0.867. The van der Waals surface area contributed by atoms with Gasteiger partial charge in [-0.25, -0.2) is 0 Å². The maximum atomic E-state index is 4.63. The number of benzene rings is 4. The first-order valence-electron chi connectivity index (χ1n) is 9.70. The van der Waals surface area contributed by atoms with Gasteiger partial charge >= 0.3 is 0 Å². The van der Waals surface area contributed by atoms with E-state index in [-0.39, 0.29) is 0 Å². The standard InChI is InChI=1S/C27H22N2/c1-21(22-17-19-24(20-18-22)23-11-5-2-6-12-23)28-29-27(25-13-7-3-8-14-25)26-15-9-4-10-16-26/h2-20H,1H3. The van der Waals surface area contributed by atoms with E-state index < -0.39 is 0 Å². The van der Waals surface area contributed by atoms with Crippen molar-refractivity contribution in [1.82, 2.24) is 0 Å². The summed E-state index contributed by atoms with van der Waals surface area (Å²) in [6, 6.07) is 39.2. The van der Waals surface area contributed by atoms with Crippen LogP contribution in [0.4, 0.5) is 0 Å². The molecule has 4 aromatic rings. The van der Waals surface area contributed by atoms with Crippen molar-refractivity contribution in [1.29, 1.82) is 0 Å². The van der Waals surface area contributed by atoms with Crippen LogP contribution in [0.5, 0.6) is 0 Å². The second-order valence-corrected chi connectivity index (χ2v) is 6.81. The maximum Gasteiger partial charge on any atom is 0.100 e. The minimum Gasteiger partial charge on any atom is -0.155 e. The topological polar surface area (TPSA) is 24.7 Å². The molecule has 140 valence electrons. The molecule has 0 heterocycles. The zero-order valence-electron chi connectivity index (χ0n) is 16.4. The van der Waals surface area contributed by atoms with Gasteiger partial charge < -0.3 is 0 Å². The molecule has 2 nitrogen and oxygen atoms in total. The van der Waals surface area contributed by atoms with Gasteiger partial charge in [0.15, 0.2) is 0 Å². The Morgan fingerprint density at radius 3 is 1.41 bits per heavy atom. The third-order valence-corrected chi connectivity index (χ3v) is 4.80. The Balaban J connectivity index is 1.65. The van der Waals surface area contributed by atoms with Crippen molar-refractivity contribution in [3.8, 4) is 11.1 Å². The summed E-state index contributed by atoms with van der Waals surface area (Å²) in [6.07, 6.45) is 0. The van der Waals surface area contributed by atoms with E-state index >= 15 is 0 Å². The summed E-state index contributed by atoms with van der Waals surface area (Å²) in [5, 5.41) is 9.18. The number of rotatable bonds is 5. The fourth-order valence-electron chi connectivity index (χ4n) is 3.19. The van der Waals surface area contributed by atoms with Crippen molar-refractivity contribution >= 4 is 11.4 Å². The Kier molecular flexibility index (Phi) is 5.73. The zero-order valence-corrected chi connectivity index (χ0v) is 16.4. The third kappa shape index (κ3) is 4.56. The molecule has 0 fully saturated rings. The molecular weight excluding hydrogens is 352 g/mol. The smallest absolute Gasteiger partial charge is 0.100 e. The summed E-state index contributed by atoms with van der Waals surface area (Å²) >= 11 is 0. The van der Waals surface area contributed by atoms with Crippen LogP contribution in [0.25, 0.3) is 11.1 Å². The van der Waals surface area contributed by atoms with Crippen molar-refractivity contribution in [3.63, 3.8) is 0 Å². The van der Waals surface area contributed by atoms with Crippen LogP contribution in [0.1, 0.15) is 23.6 Å². The average Bonchev–Trinajstić information content (AvgIpc) is 2.81. The van der Waals surface area contributed by atoms with E-state index in [0.717, 1.165) is 28.1 Å². The largest absolute Gasteiger partial charge is 0.155 e. The van der Waals surface area contributed by atoms with Crippen molar-refractivity contribution < 1.29 is 0 Å². The summed E-state index contributed by atoms with van der Waals surface area (Å²) in [5.41, 5.74) is 7.32. The molecule has 29 heavy (non-hydrogen) atoms. The predicted molar refractivity (Wildman–Crippen MR) is 123 cm³/mol. The van der Waals surface area contributed by atoms with E-state index in [1.807, 2.05) is 49.4 Å². The number of hydrogen-bond donors (Lipinski definition) is 0. The Morgan fingerprint density at radius 2 is 0.897 bits per heavy atom. The summed E-state index contributed by atoms with van der Waals surface area (Å²) in [4.78, 5) is 0. The molecule has 0 aliphatic carbocycles. The monoisotopic (exact) mass is 374 g/mol. The molecule has 0 unspecified atom stereocenters. The molecule has 0 amide bonds. The molecule has 4 aromatic carbocycles. The molecule has 0 saturated carbocycles. The second-order valence-electron chi connectivity index (χ2n) is 6.81. The lowest BCUT2D eigenvalue weighted by Crippen LogP contribution is -2.03. The van der Waals surface area contributed by atoms with Crippen molar-refractivity contribution in [2.24, 2.45) is 10.2 Å². The summed E-state index contributed by atoms with van der Waals surface area (Å²) in [7, 11) is 0. The van der Waals surface area contributed by atoms with E-state index in [4.69, 9.17) is 0 Å². The van der Waals surface area contributed by atoms with Crippen LogP contribution in [-0.2, 0) is 0 Å². The van der Waals surface area contributed by atoms with E-state index in [9.17, 15) is 0 Å². The Bertz CT molecular complexity index is 1070. The van der Waals surface area contributed by atoms with Crippen molar-refractivity contribution in [2.45, 2.75) is 6.92 Å². The highest BCUT2D eigenvalue weighted by Crippen LogP contribution is 2.19. The van der Waals surface area contributed by atoms with E-state index in [2.05, 4.69) is 83.0 Å². The molecule has 2 heteroatoms. The predicted octanol–water partition coefficient (Wildman–Crippen LogP) is 6.62. The fourth-order valence-corrected chi connectivity index (χ4v) is 3.19. The van der Waals surface area contributed by atoms with Crippen LogP contribution in [0.3, 0.4) is 0 Å². The normalized spacial score (nSPS) is 11.1. The maximum absolute atomic E-state index is 4.63. The molecule has 0 aromatic heterocycles. The van der Waals surface area contributed by atoms with Crippen LogP contribution >= 0.6 is 0 Å². The van der Waals surface area contributed by atoms with Gasteiger partial charge in [0.1, 0.15) is 5.71 Å². The van der Waals surface area contributed by atoms with Gasteiger partial charge in [-0.3, -0.25) is 0 Å². The van der Waals surface area contributed by atoms with Gasteiger partial charge in [0.05, 0.1) is 5.71 Å². The highest BCUT2D eigenvalue weighted by Gasteiger charge is 2.06. The van der Waals surface area contributed by atoms with Gasteiger partial charge in [-0.05, 0) is 23.6 Å². The van der Waals surface area contributed by atoms with Gasteiger partial charge in [0, 0.05) is 11.1 Å². The SMILES string of the molecule is CC(=NN=C(c1ccccc1)c1ccccc1)c1ccc(-c2ccccc2)cc1. The lowest BCUT2D eigenvalue weighted by molar-refractivity contribution is 1.22. The highest BCUT2D eigenvalue weighted by atomic mass is 15.2. The van der Waals surface area contributed by atoms with Crippen molar-refractivity contribution in [3.05, 3.63) is 132 Å². The van der Waals surface area contributed by atoms with Gasteiger partial charge in [-0.2, -0.15) is 5.10 Å². The molecule has 0 saturated heterocycles. The first kappa shape index (κ1) is 18.6. The average molecular weight is 374 g/mol. The Hall–Kier alpha value is -3.78. The molecule has 0 bridgehead atoms. The second kappa shape index (κ2) is 8.94. The molecule has 4 rings (SSSR count). The van der Waals surface area contributed by atoms with Crippen molar-refractivity contribution in [2.75, 3.05) is 0 Å². The first-order chi connectivity index (χ1) is 14.3.